The van der Waals surface area contributed by atoms with Gasteiger partial charge < -0.3 is 19.9 Å². The molecule has 7 heteroatoms. The van der Waals surface area contributed by atoms with Gasteiger partial charge in [0, 0.05) is 19.2 Å². The summed E-state index contributed by atoms with van der Waals surface area (Å²) in [5.41, 5.74) is 6.38. The van der Waals surface area contributed by atoms with E-state index in [0.717, 1.165) is 31.6 Å². The summed E-state index contributed by atoms with van der Waals surface area (Å²) in [5, 5.41) is 8.02. The lowest BCUT2D eigenvalue weighted by molar-refractivity contribution is 0.0123. The van der Waals surface area contributed by atoms with Crippen molar-refractivity contribution in [3.8, 4) is 0 Å². The molecule has 1 aromatic rings. The molecule has 122 valence electrons. The monoisotopic (exact) mass is 300 g/mol. The first-order valence-corrected chi connectivity index (χ1v) is 7.69. The lowest BCUT2D eigenvalue weighted by Crippen LogP contribution is -2.12. The maximum atomic E-state index is 5.47. The molecule has 0 bridgehead atoms. The number of aromatic nitrogens is 3. The molecule has 0 aliphatic carbocycles. The molecule has 0 amide bonds. The van der Waals surface area contributed by atoms with E-state index in [9.17, 15) is 0 Å². The van der Waals surface area contributed by atoms with Crippen molar-refractivity contribution in [2.45, 2.75) is 32.7 Å². The molecule has 0 aliphatic rings. The van der Waals surface area contributed by atoms with E-state index >= 15 is 0 Å². The lowest BCUT2D eigenvalue weighted by atomic mass is 10.3. The second-order valence-corrected chi connectivity index (χ2v) is 4.70. The predicted molar refractivity (Wildman–Crippen MR) is 80.1 cm³/mol. The second-order valence-electron chi connectivity index (χ2n) is 4.70. The van der Waals surface area contributed by atoms with Crippen LogP contribution in [0.4, 0.5) is 0 Å². The van der Waals surface area contributed by atoms with Gasteiger partial charge in [0.1, 0.15) is 0 Å². The molecular weight excluding hydrogens is 272 g/mol. The number of rotatable bonds is 14. The Labute approximate surface area is 126 Å². The molecule has 2 N–H and O–H groups in total. The van der Waals surface area contributed by atoms with Gasteiger partial charge in [-0.2, -0.15) is 0 Å². The first kappa shape index (κ1) is 18.0. The number of nitrogens with zero attached hydrogens (tertiary/aromatic N) is 3. The van der Waals surface area contributed by atoms with Crippen molar-refractivity contribution in [1.29, 1.82) is 0 Å². The van der Waals surface area contributed by atoms with E-state index in [4.69, 9.17) is 19.9 Å². The Balaban J connectivity index is 1.86. The topological polar surface area (TPSA) is 84.4 Å². The molecular formula is C14H28N4O3. The van der Waals surface area contributed by atoms with Crippen LogP contribution in [-0.4, -0.2) is 61.2 Å². The van der Waals surface area contributed by atoms with Crippen LogP contribution in [0.25, 0.3) is 0 Å². The minimum Gasteiger partial charge on any atom is -0.379 e. The van der Waals surface area contributed by atoms with Crippen molar-refractivity contribution in [2.24, 2.45) is 5.73 Å². The van der Waals surface area contributed by atoms with Gasteiger partial charge in [-0.3, -0.25) is 0 Å². The summed E-state index contributed by atoms with van der Waals surface area (Å²) in [4.78, 5) is 0. The van der Waals surface area contributed by atoms with E-state index in [1.54, 1.807) is 4.68 Å². The van der Waals surface area contributed by atoms with Crippen LogP contribution >= 0.6 is 0 Å². The first-order valence-electron chi connectivity index (χ1n) is 7.69. The van der Waals surface area contributed by atoms with E-state index in [1.165, 1.54) is 0 Å². The van der Waals surface area contributed by atoms with Crippen molar-refractivity contribution in [2.75, 3.05) is 46.2 Å². The van der Waals surface area contributed by atoms with Gasteiger partial charge in [0.15, 0.2) is 0 Å². The fraction of sp³-hybridized carbons (Fsp3) is 0.857. The Bertz CT molecular complexity index is 347. The summed E-state index contributed by atoms with van der Waals surface area (Å²) < 4.78 is 18.0. The Morgan fingerprint density at radius 2 is 1.71 bits per heavy atom. The van der Waals surface area contributed by atoms with Crippen LogP contribution in [0.1, 0.15) is 25.5 Å². The fourth-order valence-corrected chi connectivity index (χ4v) is 1.66. The van der Waals surface area contributed by atoms with Gasteiger partial charge in [-0.15, -0.1) is 5.10 Å². The van der Waals surface area contributed by atoms with Crippen molar-refractivity contribution in [1.82, 2.24) is 15.0 Å². The highest BCUT2D eigenvalue weighted by atomic mass is 16.5. The molecule has 0 fully saturated rings. The Morgan fingerprint density at radius 3 is 2.38 bits per heavy atom. The molecule has 1 heterocycles. The van der Waals surface area contributed by atoms with Gasteiger partial charge in [-0.05, 0) is 13.0 Å². The summed E-state index contributed by atoms with van der Waals surface area (Å²) >= 11 is 0. The summed E-state index contributed by atoms with van der Waals surface area (Å²) in [5.74, 6) is 0. The summed E-state index contributed by atoms with van der Waals surface area (Å²) in [6.45, 7) is 7.30. The van der Waals surface area contributed by atoms with Crippen LogP contribution in [0.2, 0.25) is 0 Å². The predicted octanol–water partition coefficient (Wildman–Crippen LogP) is 0.629. The summed E-state index contributed by atoms with van der Waals surface area (Å²) in [6, 6.07) is 0. The Morgan fingerprint density at radius 1 is 1.05 bits per heavy atom. The second kappa shape index (κ2) is 12.7. The lowest BCUT2D eigenvalue weighted by Gasteiger charge is -2.06. The normalized spacial score (nSPS) is 11.1. The van der Waals surface area contributed by atoms with Gasteiger partial charge in [-0.25, -0.2) is 4.68 Å². The number of unbranched alkanes of at least 4 members (excludes halogenated alkanes) is 1. The Hall–Kier alpha value is -1.02. The van der Waals surface area contributed by atoms with Gasteiger partial charge in [0.25, 0.3) is 0 Å². The van der Waals surface area contributed by atoms with E-state index in [1.807, 2.05) is 6.20 Å². The number of hydrogen-bond donors (Lipinski definition) is 1. The maximum absolute atomic E-state index is 5.47. The molecule has 0 saturated heterocycles. The van der Waals surface area contributed by atoms with Crippen LogP contribution < -0.4 is 5.73 Å². The molecule has 0 unspecified atom stereocenters. The minimum absolute atomic E-state index is 0.583. The third-order valence-electron chi connectivity index (χ3n) is 2.84. The van der Waals surface area contributed by atoms with Gasteiger partial charge in [-0.1, -0.05) is 18.6 Å². The van der Waals surface area contributed by atoms with Gasteiger partial charge >= 0.3 is 0 Å². The van der Waals surface area contributed by atoms with Crippen LogP contribution in [-0.2, 0) is 27.2 Å². The van der Waals surface area contributed by atoms with E-state index in [-0.39, 0.29) is 0 Å². The molecule has 1 rings (SSSR count). The molecule has 7 nitrogen and oxygen atoms in total. The fourth-order valence-electron chi connectivity index (χ4n) is 1.66. The molecule has 0 saturated carbocycles. The standard InChI is InChI=1S/C14H28N4O3/c1-2-3-7-19-9-11-21-12-10-20-8-6-18-13-14(4-5-15)16-17-18/h13H,2-12,15H2,1H3. The van der Waals surface area contributed by atoms with Crippen LogP contribution in [0, 0.1) is 0 Å². The van der Waals surface area contributed by atoms with Crippen LogP contribution in [0.3, 0.4) is 0 Å². The van der Waals surface area contributed by atoms with E-state index < -0.39 is 0 Å². The van der Waals surface area contributed by atoms with Crippen molar-refractivity contribution in [3.05, 3.63) is 11.9 Å². The molecule has 0 aliphatic heterocycles. The molecule has 1 aromatic heterocycles. The summed E-state index contributed by atoms with van der Waals surface area (Å²) in [7, 11) is 0. The largest absolute Gasteiger partial charge is 0.379 e. The highest BCUT2D eigenvalue weighted by Crippen LogP contribution is 1.93. The smallest absolute Gasteiger partial charge is 0.0839 e. The average molecular weight is 300 g/mol. The van der Waals surface area contributed by atoms with E-state index in [0.29, 0.717) is 46.1 Å². The zero-order chi connectivity index (χ0) is 15.2. The van der Waals surface area contributed by atoms with Crippen LogP contribution in [0.5, 0.6) is 0 Å². The minimum atomic E-state index is 0.583. The Kier molecular flexibility index (Phi) is 10.9. The highest BCUT2D eigenvalue weighted by Gasteiger charge is 1.99. The van der Waals surface area contributed by atoms with Crippen molar-refractivity contribution < 1.29 is 14.2 Å². The highest BCUT2D eigenvalue weighted by molar-refractivity contribution is 4.92. The molecule has 0 spiro atoms. The average Bonchev–Trinajstić information content (AvgIpc) is 2.93. The third kappa shape index (κ3) is 9.52. The SMILES string of the molecule is CCCCOCCOCCOCCn1cc(CCN)nn1. The van der Waals surface area contributed by atoms with Crippen molar-refractivity contribution >= 4 is 0 Å². The van der Waals surface area contributed by atoms with Crippen LogP contribution in [0.15, 0.2) is 6.20 Å². The number of ether oxygens (including phenoxy) is 3. The zero-order valence-corrected chi connectivity index (χ0v) is 13.0. The van der Waals surface area contributed by atoms with Gasteiger partial charge in [0.05, 0.1) is 45.3 Å². The number of hydrogen-bond acceptors (Lipinski definition) is 6. The first-order chi connectivity index (χ1) is 10.4. The van der Waals surface area contributed by atoms with Gasteiger partial charge in [0.2, 0.25) is 0 Å². The quantitative estimate of drug-likeness (QED) is 0.507. The van der Waals surface area contributed by atoms with E-state index in [2.05, 4.69) is 17.2 Å². The zero-order valence-electron chi connectivity index (χ0n) is 13.0. The molecule has 0 aromatic carbocycles. The molecule has 0 radical (unpaired) electrons. The third-order valence-corrected chi connectivity index (χ3v) is 2.84. The number of nitrogens with two attached hydrogens (primary N) is 1. The summed E-state index contributed by atoms with van der Waals surface area (Å²) in [6.07, 6.45) is 4.93. The maximum Gasteiger partial charge on any atom is 0.0839 e. The molecule has 21 heavy (non-hydrogen) atoms. The van der Waals surface area contributed by atoms with Crippen molar-refractivity contribution in [3.63, 3.8) is 0 Å². The molecule has 0 atom stereocenters.